The van der Waals surface area contributed by atoms with Crippen LogP contribution in [0.15, 0.2) is 0 Å². The molecular weight excluding hydrogens is 240 g/mol. The highest BCUT2D eigenvalue weighted by molar-refractivity contribution is 7.88. The summed E-state index contributed by atoms with van der Waals surface area (Å²) in [6.07, 6.45) is 3.59. The number of hydrogen-bond donors (Lipinski definition) is 1. The number of nitrogens with one attached hydrogen (secondary N) is 1. The van der Waals surface area contributed by atoms with Crippen molar-refractivity contribution in [3.05, 3.63) is 0 Å². The predicted octanol–water partition coefficient (Wildman–Crippen LogP) is 0.573. The number of hydrogen-bond acceptors (Lipinski definition) is 3. The maximum Gasteiger partial charge on any atom is 0.220 e. The van der Waals surface area contributed by atoms with Crippen molar-refractivity contribution >= 4 is 15.9 Å². The Morgan fingerprint density at radius 1 is 1.41 bits per heavy atom. The van der Waals surface area contributed by atoms with Crippen LogP contribution in [0.3, 0.4) is 0 Å². The molecule has 1 aliphatic carbocycles. The van der Waals surface area contributed by atoms with Gasteiger partial charge < -0.3 is 5.32 Å². The monoisotopic (exact) mass is 262 g/mol. The topological polar surface area (TPSA) is 66.5 Å². The average Bonchev–Trinajstić information content (AvgIpc) is 2.92. The minimum atomic E-state index is -3.14. The second kappa shape index (κ2) is 5.82. The van der Waals surface area contributed by atoms with Crippen LogP contribution in [0.4, 0.5) is 0 Å². The van der Waals surface area contributed by atoms with Gasteiger partial charge in [-0.3, -0.25) is 4.79 Å². The largest absolute Gasteiger partial charge is 0.355 e. The Hall–Kier alpha value is -0.620. The Morgan fingerprint density at radius 3 is 2.41 bits per heavy atom. The SMILES string of the molecule is CC(C)CC(=O)NCCN(C1CC1)S(C)(=O)=O. The fraction of sp³-hybridized carbons (Fsp3) is 0.909. The number of amides is 1. The van der Waals surface area contributed by atoms with Gasteiger partial charge in [0, 0.05) is 25.6 Å². The molecule has 100 valence electrons. The van der Waals surface area contributed by atoms with E-state index in [1.165, 1.54) is 10.6 Å². The molecule has 1 N–H and O–H groups in total. The lowest BCUT2D eigenvalue weighted by Gasteiger charge is -2.19. The van der Waals surface area contributed by atoms with Crippen LogP contribution in [-0.4, -0.2) is 44.0 Å². The number of nitrogens with zero attached hydrogens (tertiary/aromatic N) is 1. The minimum Gasteiger partial charge on any atom is -0.355 e. The Morgan fingerprint density at radius 2 is 2.00 bits per heavy atom. The van der Waals surface area contributed by atoms with Crippen molar-refractivity contribution in [3.63, 3.8) is 0 Å². The van der Waals surface area contributed by atoms with Gasteiger partial charge in [0.25, 0.3) is 0 Å². The van der Waals surface area contributed by atoms with Gasteiger partial charge in [-0.15, -0.1) is 0 Å². The smallest absolute Gasteiger partial charge is 0.220 e. The van der Waals surface area contributed by atoms with Gasteiger partial charge in [-0.1, -0.05) is 13.8 Å². The number of sulfonamides is 1. The molecule has 1 rings (SSSR count). The van der Waals surface area contributed by atoms with Gasteiger partial charge in [-0.2, -0.15) is 4.31 Å². The quantitative estimate of drug-likeness (QED) is 0.729. The normalized spacial score (nSPS) is 16.5. The van der Waals surface area contributed by atoms with Gasteiger partial charge in [0.1, 0.15) is 0 Å². The second-order valence-corrected chi connectivity index (χ2v) is 6.99. The first-order chi connectivity index (χ1) is 7.80. The Balaban J connectivity index is 2.31. The van der Waals surface area contributed by atoms with Crippen LogP contribution in [-0.2, 0) is 14.8 Å². The summed E-state index contributed by atoms with van der Waals surface area (Å²) in [5.74, 6) is 0.314. The van der Waals surface area contributed by atoms with Crippen molar-refractivity contribution in [1.82, 2.24) is 9.62 Å². The van der Waals surface area contributed by atoms with E-state index in [0.717, 1.165) is 12.8 Å². The van der Waals surface area contributed by atoms with Crippen molar-refractivity contribution in [1.29, 1.82) is 0 Å². The fourth-order valence-corrected chi connectivity index (χ4v) is 2.91. The van der Waals surface area contributed by atoms with Crippen molar-refractivity contribution in [2.24, 2.45) is 5.92 Å². The van der Waals surface area contributed by atoms with E-state index in [1.54, 1.807) is 0 Å². The molecule has 5 nitrogen and oxygen atoms in total. The van der Waals surface area contributed by atoms with Crippen LogP contribution in [0.25, 0.3) is 0 Å². The molecule has 0 spiro atoms. The van der Waals surface area contributed by atoms with Crippen molar-refractivity contribution in [2.45, 2.75) is 39.2 Å². The first kappa shape index (κ1) is 14.4. The first-order valence-electron chi connectivity index (χ1n) is 6.04. The van der Waals surface area contributed by atoms with Crippen molar-refractivity contribution in [3.8, 4) is 0 Å². The Bertz CT molecular complexity index is 361. The van der Waals surface area contributed by atoms with Gasteiger partial charge in [0.15, 0.2) is 0 Å². The molecule has 0 aromatic rings. The highest BCUT2D eigenvalue weighted by atomic mass is 32.2. The standard InChI is InChI=1S/C11H22N2O3S/c1-9(2)8-11(14)12-6-7-13(10-4-5-10)17(3,15)16/h9-10H,4-8H2,1-3H3,(H,12,14). The van der Waals surface area contributed by atoms with E-state index < -0.39 is 10.0 Å². The summed E-state index contributed by atoms with van der Waals surface area (Å²) >= 11 is 0. The van der Waals surface area contributed by atoms with Crippen LogP contribution in [0.1, 0.15) is 33.1 Å². The van der Waals surface area contributed by atoms with Crippen LogP contribution in [0.5, 0.6) is 0 Å². The molecular formula is C11H22N2O3S. The first-order valence-corrected chi connectivity index (χ1v) is 7.89. The lowest BCUT2D eigenvalue weighted by Crippen LogP contribution is -2.39. The van der Waals surface area contributed by atoms with E-state index in [4.69, 9.17) is 0 Å². The third-order valence-corrected chi connectivity index (χ3v) is 3.96. The van der Waals surface area contributed by atoms with E-state index in [9.17, 15) is 13.2 Å². The molecule has 1 aliphatic rings. The molecule has 0 heterocycles. The zero-order valence-corrected chi connectivity index (χ0v) is 11.6. The summed E-state index contributed by atoms with van der Waals surface area (Å²) in [5, 5.41) is 2.75. The third-order valence-electron chi connectivity index (χ3n) is 2.63. The fourth-order valence-electron chi connectivity index (χ4n) is 1.73. The molecule has 0 bridgehead atoms. The zero-order chi connectivity index (χ0) is 13.1. The number of carbonyl (C=O) groups excluding carboxylic acids is 1. The summed E-state index contributed by atoms with van der Waals surface area (Å²) < 4.78 is 24.4. The molecule has 1 saturated carbocycles. The Labute approximate surface area is 104 Å². The van der Waals surface area contributed by atoms with E-state index >= 15 is 0 Å². The molecule has 0 radical (unpaired) electrons. The molecule has 1 amide bonds. The molecule has 17 heavy (non-hydrogen) atoms. The van der Waals surface area contributed by atoms with E-state index in [1.807, 2.05) is 13.8 Å². The van der Waals surface area contributed by atoms with Crippen molar-refractivity contribution < 1.29 is 13.2 Å². The summed E-state index contributed by atoms with van der Waals surface area (Å²) in [5.41, 5.74) is 0. The molecule has 6 heteroatoms. The van der Waals surface area contributed by atoms with E-state index in [-0.39, 0.29) is 11.9 Å². The third kappa shape index (κ3) is 5.50. The van der Waals surface area contributed by atoms with E-state index in [2.05, 4.69) is 5.32 Å². The van der Waals surface area contributed by atoms with Gasteiger partial charge in [-0.05, 0) is 18.8 Å². The Kier molecular flexibility index (Phi) is 4.94. The zero-order valence-electron chi connectivity index (χ0n) is 10.8. The highest BCUT2D eigenvalue weighted by Crippen LogP contribution is 2.28. The lowest BCUT2D eigenvalue weighted by molar-refractivity contribution is -0.121. The van der Waals surface area contributed by atoms with Gasteiger partial charge >= 0.3 is 0 Å². The number of rotatable bonds is 7. The van der Waals surface area contributed by atoms with E-state index in [0.29, 0.717) is 25.4 Å². The lowest BCUT2D eigenvalue weighted by atomic mass is 10.1. The van der Waals surface area contributed by atoms with Crippen LogP contribution >= 0.6 is 0 Å². The summed E-state index contributed by atoms with van der Waals surface area (Å²) in [4.78, 5) is 11.4. The molecule has 0 atom stereocenters. The summed E-state index contributed by atoms with van der Waals surface area (Å²) in [6, 6.07) is 0.159. The van der Waals surface area contributed by atoms with Gasteiger partial charge in [-0.25, -0.2) is 8.42 Å². The average molecular weight is 262 g/mol. The molecule has 0 aliphatic heterocycles. The molecule has 0 aromatic heterocycles. The maximum absolute atomic E-state index is 11.5. The van der Waals surface area contributed by atoms with Gasteiger partial charge in [0.05, 0.1) is 6.26 Å². The van der Waals surface area contributed by atoms with Crippen LogP contribution < -0.4 is 5.32 Å². The molecule has 0 saturated heterocycles. The predicted molar refractivity (Wildman–Crippen MR) is 67.0 cm³/mol. The van der Waals surface area contributed by atoms with Crippen LogP contribution in [0, 0.1) is 5.92 Å². The summed E-state index contributed by atoms with van der Waals surface area (Å²) in [6.45, 7) is 4.74. The number of carbonyl (C=O) groups is 1. The summed E-state index contributed by atoms with van der Waals surface area (Å²) in [7, 11) is -3.14. The molecule has 0 unspecified atom stereocenters. The molecule has 0 aromatic carbocycles. The second-order valence-electron chi connectivity index (χ2n) is 5.05. The van der Waals surface area contributed by atoms with Crippen LogP contribution in [0.2, 0.25) is 0 Å². The maximum atomic E-state index is 11.5. The molecule has 1 fully saturated rings. The minimum absolute atomic E-state index is 0.00996. The van der Waals surface area contributed by atoms with Gasteiger partial charge in [0.2, 0.25) is 15.9 Å². The highest BCUT2D eigenvalue weighted by Gasteiger charge is 2.34. The van der Waals surface area contributed by atoms with Crippen molar-refractivity contribution in [2.75, 3.05) is 19.3 Å².